The molecule has 0 aliphatic carbocycles. The van der Waals surface area contributed by atoms with Gasteiger partial charge in [0, 0.05) is 17.5 Å². The molecule has 0 radical (unpaired) electrons. The molecule has 2 aliphatic heterocycles. The lowest BCUT2D eigenvalue weighted by Gasteiger charge is -2.20. The van der Waals surface area contributed by atoms with Gasteiger partial charge >= 0.3 is 5.97 Å². The average Bonchev–Trinajstić information content (AvgIpc) is 3.47. The Labute approximate surface area is 190 Å². The highest BCUT2D eigenvalue weighted by molar-refractivity contribution is 7.13. The van der Waals surface area contributed by atoms with Crippen LogP contribution in [-0.4, -0.2) is 75.6 Å². The number of carboxylic acids is 1. The molecule has 2 aromatic rings. The normalized spacial score (nSPS) is 18.5. The van der Waals surface area contributed by atoms with Crippen LogP contribution in [0.2, 0.25) is 0 Å². The minimum atomic E-state index is -1.30. The van der Waals surface area contributed by atoms with Gasteiger partial charge in [-0.15, -0.1) is 11.3 Å². The number of fused-ring (bicyclic) bond motifs is 1. The number of ketones is 1. The molecule has 33 heavy (non-hydrogen) atoms. The van der Waals surface area contributed by atoms with Crippen molar-refractivity contribution in [2.45, 2.75) is 6.04 Å². The van der Waals surface area contributed by atoms with Crippen molar-refractivity contribution in [3.8, 4) is 0 Å². The molecule has 1 atom stereocenters. The number of carbonyl (C=O) groups is 4. The first-order chi connectivity index (χ1) is 15.8. The second kappa shape index (κ2) is 8.80. The van der Waals surface area contributed by atoms with E-state index in [2.05, 4.69) is 15.5 Å². The number of nitrogen functional groups attached to an aromatic ring is 1. The molecular formula is C20H18N6O6S. The van der Waals surface area contributed by atoms with Crippen molar-refractivity contribution in [3.05, 3.63) is 58.2 Å². The molecule has 12 nitrogen and oxygen atoms in total. The lowest BCUT2D eigenvalue weighted by Crippen LogP contribution is -2.46. The Bertz CT molecular complexity index is 1210. The molecule has 170 valence electrons. The number of carboxylic acid groups (broad SMARTS) is 1. The largest absolute Gasteiger partial charge is 0.478 e. The zero-order valence-electron chi connectivity index (χ0n) is 17.2. The number of Topliss-reactive ketones (excluding diaryl/α,β-unsaturated/α-hetero) is 1. The average molecular weight is 470 g/mol. The number of nitrogens with two attached hydrogens (primary N) is 1. The number of thiazole rings is 1. The topological polar surface area (TPSA) is 168 Å². The van der Waals surface area contributed by atoms with E-state index >= 15 is 0 Å². The van der Waals surface area contributed by atoms with Gasteiger partial charge in [0.15, 0.2) is 10.8 Å². The molecule has 0 saturated carbocycles. The molecule has 1 saturated heterocycles. The van der Waals surface area contributed by atoms with E-state index in [0.717, 1.165) is 16.3 Å². The monoisotopic (exact) mass is 470 g/mol. The third kappa shape index (κ3) is 4.06. The standard InChI is InChI=1S/C20H18N6O6S/c1-32-24-14(13-9-33-20(21)23-13)17(28)22-12-8-25-7-11(19(30)31)15(26(25)18(12)29)16(27)10-5-3-2-4-6-10/h2-6,9,12H,7-8H2,1H3,(H2,21,23)(H,22,28)(H,30,31)/b24-14-/t12-/m0/s1. The van der Waals surface area contributed by atoms with Crippen LogP contribution in [0.15, 0.2) is 52.1 Å². The number of benzene rings is 1. The predicted octanol–water partition coefficient (Wildman–Crippen LogP) is -0.145. The maximum absolute atomic E-state index is 13.1. The van der Waals surface area contributed by atoms with Gasteiger partial charge in [-0.1, -0.05) is 35.5 Å². The van der Waals surface area contributed by atoms with Gasteiger partial charge in [-0.25, -0.2) is 19.8 Å². The lowest BCUT2D eigenvalue weighted by atomic mass is 10.0. The summed E-state index contributed by atoms with van der Waals surface area (Å²) in [6.07, 6.45) is 0. The molecule has 0 spiro atoms. The van der Waals surface area contributed by atoms with E-state index in [0.29, 0.717) is 0 Å². The number of amides is 2. The summed E-state index contributed by atoms with van der Waals surface area (Å²) < 4.78 is 0. The Morgan fingerprint density at radius 2 is 2.03 bits per heavy atom. The number of hydrazine groups is 1. The van der Waals surface area contributed by atoms with Gasteiger partial charge < -0.3 is 21.0 Å². The van der Waals surface area contributed by atoms with E-state index in [1.807, 2.05) is 0 Å². The van der Waals surface area contributed by atoms with Crippen molar-refractivity contribution in [2.75, 3.05) is 25.9 Å². The molecule has 0 bridgehead atoms. The van der Waals surface area contributed by atoms with Crippen LogP contribution >= 0.6 is 11.3 Å². The Kier molecular flexibility index (Phi) is 5.89. The van der Waals surface area contributed by atoms with Gasteiger partial charge in [0.1, 0.15) is 24.5 Å². The van der Waals surface area contributed by atoms with Crippen molar-refractivity contribution < 1.29 is 29.1 Å². The molecule has 3 heterocycles. The van der Waals surface area contributed by atoms with Crippen LogP contribution in [0.4, 0.5) is 5.13 Å². The van der Waals surface area contributed by atoms with E-state index in [1.165, 1.54) is 29.6 Å². The fourth-order valence-corrected chi connectivity index (χ4v) is 4.13. The number of aliphatic carboxylic acids is 1. The lowest BCUT2D eigenvalue weighted by molar-refractivity contribution is -0.134. The van der Waals surface area contributed by atoms with Crippen molar-refractivity contribution in [1.82, 2.24) is 20.3 Å². The van der Waals surface area contributed by atoms with Gasteiger partial charge in [0.2, 0.25) is 5.78 Å². The van der Waals surface area contributed by atoms with Gasteiger partial charge in [-0.2, -0.15) is 0 Å². The molecule has 2 amide bonds. The number of hydrogen-bond acceptors (Lipinski definition) is 10. The number of nitrogens with one attached hydrogen (secondary N) is 1. The molecule has 2 aliphatic rings. The van der Waals surface area contributed by atoms with E-state index in [9.17, 15) is 24.3 Å². The fraction of sp³-hybridized carbons (Fsp3) is 0.200. The van der Waals surface area contributed by atoms with Crippen LogP contribution in [-0.2, 0) is 19.2 Å². The highest BCUT2D eigenvalue weighted by Gasteiger charge is 2.49. The van der Waals surface area contributed by atoms with Gasteiger partial charge in [0.25, 0.3) is 11.8 Å². The first-order valence-electron chi connectivity index (χ1n) is 9.60. The molecule has 1 fully saturated rings. The Morgan fingerprint density at radius 3 is 2.64 bits per heavy atom. The van der Waals surface area contributed by atoms with Crippen molar-refractivity contribution in [2.24, 2.45) is 5.16 Å². The summed E-state index contributed by atoms with van der Waals surface area (Å²) in [6.45, 7) is -0.199. The minimum Gasteiger partial charge on any atom is -0.478 e. The zero-order chi connectivity index (χ0) is 23.7. The molecule has 4 rings (SSSR count). The number of hydrogen-bond donors (Lipinski definition) is 3. The summed E-state index contributed by atoms with van der Waals surface area (Å²) in [5.74, 6) is -3.28. The van der Waals surface area contributed by atoms with Crippen molar-refractivity contribution in [3.63, 3.8) is 0 Å². The SMILES string of the molecule is CO/N=C(\C(=O)N[C@H]1CN2CC(C(=O)O)=C(C(=O)c3ccccc3)N2C1=O)c1csc(N)n1. The van der Waals surface area contributed by atoms with E-state index in [4.69, 9.17) is 10.6 Å². The number of oxime groups is 1. The summed E-state index contributed by atoms with van der Waals surface area (Å²) in [6, 6.07) is 7.00. The summed E-state index contributed by atoms with van der Waals surface area (Å²) in [4.78, 5) is 59.5. The first kappa shape index (κ1) is 22.1. The van der Waals surface area contributed by atoms with Crippen molar-refractivity contribution in [1.29, 1.82) is 0 Å². The van der Waals surface area contributed by atoms with Crippen LogP contribution < -0.4 is 11.1 Å². The number of anilines is 1. The summed E-state index contributed by atoms with van der Waals surface area (Å²) in [7, 11) is 1.26. The van der Waals surface area contributed by atoms with Crippen LogP contribution in [0.5, 0.6) is 0 Å². The van der Waals surface area contributed by atoms with Crippen LogP contribution in [0.3, 0.4) is 0 Å². The molecular weight excluding hydrogens is 452 g/mol. The summed E-state index contributed by atoms with van der Waals surface area (Å²) in [5.41, 5.74) is 5.42. The quantitative estimate of drug-likeness (QED) is 0.283. The number of carbonyl (C=O) groups excluding carboxylic acids is 3. The van der Waals surface area contributed by atoms with E-state index in [1.54, 1.807) is 18.2 Å². The maximum atomic E-state index is 13.1. The molecule has 1 aromatic carbocycles. The van der Waals surface area contributed by atoms with Crippen LogP contribution in [0.1, 0.15) is 16.1 Å². The Balaban J connectivity index is 1.59. The second-order valence-corrected chi connectivity index (χ2v) is 7.93. The predicted molar refractivity (Wildman–Crippen MR) is 116 cm³/mol. The Hall–Kier alpha value is -4.10. The zero-order valence-corrected chi connectivity index (χ0v) is 18.0. The fourth-order valence-electron chi connectivity index (χ4n) is 3.58. The van der Waals surface area contributed by atoms with Gasteiger partial charge in [-0.3, -0.25) is 14.4 Å². The number of nitrogens with zero attached hydrogens (tertiary/aromatic N) is 4. The molecule has 4 N–H and O–H groups in total. The number of allylic oxidation sites excluding steroid dienone is 1. The third-order valence-corrected chi connectivity index (χ3v) is 5.67. The van der Waals surface area contributed by atoms with Crippen LogP contribution in [0, 0.1) is 0 Å². The maximum Gasteiger partial charge on any atom is 0.335 e. The molecule has 0 unspecified atom stereocenters. The van der Waals surface area contributed by atoms with Gasteiger partial charge in [0.05, 0.1) is 12.1 Å². The third-order valence-electron chi connectivity index (χ3n) is 5.00. The first-order valence-corrected chi connectivity index (χ1v) is 10.5. The smallest absolute Gasteiger partial charge is 0.335 e. The summed E-state index contributed by atoms with van der Waals surface area (Å²) in [5, 5.41) is 20.0. The highest BCUT2D eigenvalue weighted by Crippen LogP contribution is 2.31. The van der Waals surface area contributed by atoms with E-state index in [-0.39, 0.29) is 46.5 Å². The number of rotatable bonds is 7. The van der Waals surface area contributed by atoms with Crippen molar-refractivity contribution >= 4 is 45.7 Å². The minimum absolute atomic E-state index is 0.0353. The molecule has 13 heteroatoms. The van der Waals surface area contributed by atoms with E-state index < -0.39 is 29.6 Å². The highest BCUT2D eigenvalue weighted by atomic mass is 32.1. The number of aromatic nitrogens is 1. The molecule has 1 aromatic heterocycles. The Morgan fingerprint density at radius 1 is 1.30 bits per heavy atom. The van der Waals surface area contributed by atoms with Gasteiger partial charge in [-0.05, 0) is 0 Å². The second-order valence-electron chi connectivity index (χ2n) is 7.04. The summed E-state index contributed by atoms with van der Waals surface area (Å²) >= 11 is 1.10. The van der Waals surface area contributed by atoms with Crippen LogP contribution in [0.25, 0.3) is 0 Å².